The molecule has 1 aromatic rings. The van der Waals surface area contributed by atoms with Gasteiger partial charge in [-0.25, -0.2) is 4.79 Å². The van der Waals surface area contributed by atoms with Crippen LogP contribution >= 0.6 is 0 Å². The Morgan fingerprint density at radius 3 is 2.23 bits per heavy atom. The van der Waals surface area contributed by atoms with E-state index in [1.54, 1.807) is 6.92 Å². The molecule has 0 aliphatic rings. The molecule has 0 aromatic heterocycles. The molecule has 0 atom stereocenters. The summed E-state index contributed by atoms with van der Waals surface area (Å²) >= 11 is 0. The van der Waals surface area contributed by atoms with Crippen LogP contribution in [0, 0.1) is 0 Å². The second kappa shape index (κ2) is 12.8. The van der Waals surface area contributed by atoms with E-state index in [4.69, 9.17) is 4.74 Å². The molecule has 1 rings (SSSR count). The number of nitrogens with zero attached hydrogens (tertiary/aromatic N) is 1. The third-order valence-corrected chi connectivity index (χ3v) is 3.13. The van der Waals surface area contributed by atoms with Crippen molar-refractivity contribution in [2.45, 2.75) is 27.2 Å². The van der Waals surface area contributed by atoms with Crippen molar-refractivity contribution < 1.29 is 9.53 Å². The molecule has 122 valence electrons. The maximum atomic E-state index is 11.0. The average Bonchev–Trinajstić information content (AvgIpc) is 2.56. The zero-order valence-electron chi connectivity index (χ0n) is 14.2. The Hall–Kier alpha value is -1.87. The minimum absolute atomic E-state index is 0.287. The number of rotatable bonds is 8. The van der Waals surface area contributed by atoms with Gasteiger partial charge in [-0.05, 0) is 32.0 Å². The van der Waals surface area contributed by atoms with Crippen molar-refractivity contribution in [2.75, 3.05) is 26.2 Å². The van der Waals surface area contributed by atoms with Gasteiger partial charge in [-0.1, -0.05) is 63.4 Å². The molecule has 3 heteroatoms. The minimum atomic E-state index is -0.287. The van der Waals surface area contributed by atoms with Gasteiger partial charge in [0, 0.05) is 12.1 Å². The highest BCUT2D eigenvalue weighted by atomic mass is 16.5. The predicted octanol–water partition coefficient (Wildman–Crippen LogP) is 4.17. The number of hydrogen-bond donors (Lipinski definition) is 0. The second-order valence-electron chi connectivity index (χ2n) is 4.91. The molecular formula is C19H29NO2. The van der Waals surface area contributed by atoms with Gasteiger partial charge in [-0.2, -0.15) is 0 Å². The van der Waals surface area contributed by atoms with E-state index >= 15 is 0 Å². The molecule has 1 aromatic carbocycles. The molecule has 0 heterocycles. The number of hydrogen-bond acceptors (Lipinski definition) is 3. The van der Waals surface area contributed by atoms with Crippen LogP contribution in [-0.4, -0.2) is 37.1 Å². The molecule has 22 heavy (non-hydrogen) atoms. The molecule has 0 aliphatic heterocycles. The van der Waals surface area contributed by atoms with Crippen molar-refractivity contribution in [3.05, 3.63) is 54.6 Å². The summed E-state index contributed by atoms with van der Waals surface area (Å²) in [5.41, 5.74) is 1.64. The standard InChI is InChI=1S/C11H21NO2.C8H8/c1-5-12(6-2)8-7-9-14-11(13)10(3)4;1-2-8-6-4-3-5-7-8/h3,5-9H2,1-2,4H3;2-7H,1H2. The molecule has 0 saturated carbocycles. The third kappa shape index (κ3) is 9.94. The number of carbonyl (C=O) groups is 1. The first kappa shape index (κ1) is 20.1. The minimum Gasteiger partial charge on any atom is -0.462 e. The van der Waals surface area contributed by atoms with Crippen LogP contribution in [0.2, 0.25) is 0 Å². The summed E-state index contributed by atoms with van der Waals surface area (Å²) < 4.78 is 4.98. The SMILES string of the molecule is C=C(C)C(=O)OCCCN(CC)CC.C=Cc1ccccc1. The van der Waals surface area contributed by atoms with E-state index < -0.39 is 0 Å². The molecule has 0 saturated heterocycles. The molecule has 3 nitrogen and oxygen atoms in total. The Morgan fingerprint density at radius 2 is 1.82 bits per heavy atom. The lowest BCUT2D eigenvalue weighted by Crippen LogP contribution is -2.25. The van der Waals surface area contributed by atoms with Crippen molar-refractivity contribution in [2.24, 2.45) is 0 Å². The highest BCUT2D eigenvalue weighted by Crippen LogP contribution is 1.97. The van der Waals surface area contributed by atoms with E-state index in [1.165, 1.54) is 5.56 Å². The summed E-state index contributed by atoms with van der Waals surface area (Å²) in [7, 11) is 0. The third-order valence-electron chi connectivity index (χ3n) is 3.13. The quantitative estimate of drug-likeness (QED) is 0.410. The Morgan fingerprint density at radius 1 is 1.23 bits per heavy atom. The fraction of sp³-hybridized carbons (Fsp3) is 0.421. The Kier molecular flexibility index (Phi) is 11.7. The van der Waals surface area contributed by atoms with E-state index in [0.717, 1.165) is 26.1 Å². The van der Waals surface area contributed by atoms with Crippen LogP contribution in [0.1, 0.15) is 32.8 Å². The largest absolute Gasteiger partial charge is 0.462 e. The summed E-state index contributed by atoms with van der Waals surface area (Å²) in [6, 6.07) is 10.0. The van der Waals surface area contributed by atoms with Gasteiger partial charge in [0.25, 0.3) is 0 Å². The van der Waals surface area contributed by atoms with E-state index in [1.807, 2.05) is 36.4 Å². The zero-order valence-corrected chi connectivity index (χ0v) is 14.2. The van der Waals surface area contributed by atoms with Gasteiger partial charge in [0.2, 0.25) is 0 Å². The van der Waals surface area contributed by atoms with Crippen LogP contribution in [0.3, 0.4) is 0 Å². The van der Waals surface area contributed by atoms with Crippen LogP contribution in [0.4, 0.5) is 0 Å². The van der Waals surface area contributed by atoms with Gasteiger partial charge in [0.1, 0.15) is 0 Å². The first-order valence-electron chi connectivity index (χ1n) is 7.77. The van der Waals surface area contributed by atoms with Crippen molar-refractivity contribution in [3.63, 3.8) is 0 Å². The Labute approximate surface area is 135 Å². The van der Waals surface area contributed by atoms with Crippen LogP contribution in [-0.2, 0) is 9.53 Å². The van der Waals surface area contributed by atoms with Gasteiger partial charge >= 0.3 is 5.97 Å². The topological polar surface area (TPSA) is 29.5 Å². The van der Waals surface area contributed by atoms with Crippen molar-refractivity contribution in [1.29, 1.82) is 0 Å². The normalized spacial score (nSPS) is 9.64. The maximum Gasteiger partial charge on any atom is 0.333 e. The molecule has 0 unspecified atom stereocenters. The molecule has 0 radical (unpaired) electrons. The molecule has 0 aliphatic carbocycles. The van der Waals surface area contributed by atoms with Gasteiger partial charge in [0.15, 0.2) is 0 Å². The lowest BCUT2D eigenvalue weighted by atomic mass is 10.2. The van der Waals surface area contributed by atoms with Crippen molar-refractivity contribution in [3.8, 4) is 0 Å². The molecule has 0 bridgehead atoms. The summed E-state index contributed by atoms with van der Waals surface area (Å²) in [5.74, 6) is -0.287. The number of benzene rings is 1. The Bertz CT molecular complexity index is 436. The van der Waals surface area contributed by atoms with E-state index in [0.29, 0.717) is 12.2 Å². The summed E-state index contributed by atoms with van der Waals surface area (Å²) in [5, 5.41) is 0. The van der Waals surface area contributed by atoms with Gasteiger partial charge < -0.3 is 9.64 Å². The molecule has 0 fully saturated rings. The highest BCUT2D eigenvalue weighted by Gasteiger charge is 2.03. The number of carbonyl (C=O) groups excluding carboxylic acids is 1. The smallest absolute Gasteiger partial charge is 0.333 e. The fourth-order valence-corrected chi connectivity index (χ4v) is 1.71. The molecule has 0 amide bonds. The number of esters is 1. The summed E-state index contributed by atoms with van der Waals surface area (Å²) in [6.45, 7) is 16.6. The fourth-order valence-electron chi connectivity index (χ4n) is 1.71. The van der Waals surface area contributed by atoms with E-state index in [-0.39, 0.29) is 5.97 Å². The lowest BCUT2D eigenvalue weighted by Gasteiger charge is -2.17. The second-order valence-corrected chi connectivity index (χ2v) is 4.91. The van der Waals surface area contributed by atoms with E-state index in [2.05, 4.69) is 31.9 Å². The maximum absolute atomic E-state index is 11.0. The van der Waals surface area contributed by atoms with Crippen molar-refractivity contribution >= 4 is 12.0 Å². The van der Waals surface area contributed by atoms with Crippen LogP contribution in [0.15, 0.2) is 49.1 Å². The molecular weight excluding hydrogens is 274 g/mol. The molecule has 0 spiro atoms. The predicted molar refractivity (Wildman–Crippen MR) is 94.7 cm³/mol. The number of ether oxygens (including phenoxy) is 1. The summed E-state index contributed by atoms with van der Waals surface area (Å²) in [6.07, 6.45) is 2.72. The zero-order chi connectivity index (χ0) is 16.8. The van der Waals surface area contributed by atoms with Crippen LogP contribution in [0.25, 0.3) is 6.08 Å². The Balaban J connectivity index is 0.000000461. The van der Waals surface area contributed by atoms with Crippen LogP contribution < -0.4 is 0 Å². The van der Waals surface area contributed by atoms with E-state index in [9.17, 15) is 4.79 Å². The van der Waals surface area contributed by atoms with Crippen molar-refractivity contribution in [1.82, 2.24) is 4.90 Å². The average molecular weight is 303 g/mol. The highest BCUT2D eigenvalue weighted by molar-refractivity contribution is 5.86. The molecule has 0 N–H and O–H groups in total. The first-order chi connectivity index (χ1) is 10.5. The van der Waals surface area contributed by atoms with Gasteiger partial charge in [-0.15, -0.1) is 0 Å². The van der Waals surface area contributed by atoms with Crippen LogP contribution in [0.5, 0.6) is 0 Å². The van der Waals surface area contributed by atoms with Gasteiger partial charge in [-0.3, -0.25) is 0 Å². The first-order valence-corrected chi connectivity index (χ1v) is 7.77. The summed E-state index contributed by atoms with van der Waals surface area (Å²) in [4.78, 5) is 13.3. The monoisotopic (exact) mass is 303 g/mol. The lowest BCUT2D eigenvalue weighted by molar-refractivity contribution is -0.139. The van der Waals surface area contributed by atoms with Gasteiger partial charge in [0.05, 0.1) is 6.61 Å².